The van der Waals surface area contributed by atoms with E-state index in [4.69, 9.17) is 0 Å². The van der Waals surface area contributed by atoms with Crippen molar-refractivity contribution in [1.29, 1.82) is 0 Å². The van der Waals surface area contributed by atoms with Gasteiger partial charge in [-0.25, -0.2) is 0 Å². The van der Waals surface area contributed by atoms with Crippen molar-refractivity contribution in [3.8, 4) is 11.1 Å². The maximum absolute atomic E-state index is 12.7. The highest BCUT2D eigenvalue weighted by Crippen LogP contribution is 2.43. The summed E-state index contributed by atoms with van der Waals surface area (Å²) < 4.78 is 0. The minimum atomic E-state index is -0.504. The average Bonchev–Trinajstić information content (AvgIpc) is 3.36. The molecule has 0 radical (unpaired) electrons. The second-order valence-corrected chi connectivity index (χ2v) is 6.46. The van der Waals surface area contributed by atoms with Crippen molar-refractivity contribution in [3.63, 3.8) is 0 Å². The summed E-state index contributed by atoms with van der Waals surface area (Å²) in [6, 6.07) is 28.4. The number of Topliss-reactive ketones (excluding diaryl/α,β-unsaturated/α-hetero) is 1. The first-order valence-corrected chi connectivity index (χ1v) is 8.21. The van der Waals surface area contributed by atoms with Crippen molar-refractivity contribution in [2.75, 3.05) is 0 Å². The van der Waals surface area contributed by atoms with Gasteiger partial charge in [-0.3, -0.25) is 10.1 Å². The summed E-state index contributed by atoms with van der Waals surface area (Å²) in [5.41, 5.74) is 3.81. The molecule has 118 valence electrons. The molecule has 0 spiro atoms. The predicted octanol–water partition coefficient (Wildman–Crippen LogP) is 4.64. The molecule has 1 heterocycles. The van der Waals surface area contributed by atoms with Gasteiger partial charge >= 0.3 is 0 Å². The predicted molar refractivity (Wildman–Crippen MR) is 96.9 cm³/mol. The Morgan fingerprint density at radius 2 is 1.33 bits per heavy atom. The summed E-state index contributed by atoms with van der Waals surface area (Å²) in [6.45, 7) is 1.98. The zero-order chi connectivity index (χ0) is 16.6. The standard InChI is InChI=1S/C22H19NO/c1-22(21(24)19-10-6-3-7-11-19)20(23-22)18-14-12-17(13-15-18)16-8-4-2-5-9-16/h2-15,20,23H,1H3. The monoisotopic (exact) mass is 313 g/mol. The molecule has 4 rings (SSSR count). The Hall–Kier alpha value is -2.71. The fourth-order valence-electron chi connectivity index (χ4n) is 3.26. The van der Waals surface area contributed by atoms with Gasteiger partial charge in [-0.2, -0.15) is 0 Å². The molecule has 0 amide bonds. The van der Waals surface area contributed by atoms with Crippen LogP contribution in [0.15, 0.2) is 84.9 Å². The Kier molecular flexibility index (Phi) is 3.55. The van der Waals surface area contributed by atoms with Crippen LogP contribution in [0.2, 0.25) is 0 Å². The van der Waals surface area contributed by atoms with Gasteiger partial charge in [0.15, 0.2) is 5.78 Å². The fraction of sp³-hybridized carbons (Fsp3) is 0.136. The van der Waals surface area contributed by atoms with E-state index in [0.29, 0.717) is 0 Å². The lowest BCUT2D eigenvalue weighted by atomic mass is 9.92. The molecule has 0 saturated carbocycles. The minimum absolute atomic E-state index is 0.0787. The molecule has 0 aromatic heterocycles. The molecular formula is C22H19NO. The maximum Gasteiger partial charge on any atom is 0.184 e. The van der Waals surface area contributed by atoms with Crippen molar-refractivity contribution >= 4 is 5.78 Å². The summed E-state index contributed by atoms with van der Waals surface area (Å²) in [5.74, 6) is 0.153. The molecule has 0 aliphatic carbocycles. The molecule has 1 aliphatic rings. The van der Waals surface area contributed by atoms with E-state index in [-0.39, 0.29) is 11.8 Å². The third-order valence-electron chi connectivity index (χ3n) is 4.80. The number of nitrogens with one attached hydrogen (secondary N) is 1. The molecule has 2 atom stereocenters. The second-order valence-electron chi connectivity index (χ2n) is 6.46. The van der Waals surface area contributed by atoms with E-state index >= 15 is 0 Å². The Morgan fingerprint density at radius 3 is 1.96 bits per heavy atom. The molecule has 1 aliphatic heterocycles. The first kappa shape index (κ1) is 14.9. The molecule has 24 heavy (non-hydrogen) atoms. The molecule has 1 saturated heterocycles. The summed E-state index contributed by atoms with van der Waals surface area (Å²) in [6.07, 6.45) is 0. The largest absolute Gasteiger partial charge is 0.294 e. The van der Waals surface area contributed by atoms with Gasteiger partial charge in [0.2, 0.25) is 0 Å². The van der Waals surface area contributed by atoms with E-state index in [1.54, 1.807) is 0 Å². The van der Waals surface area contributed by atoms with E-state index < -0.39 is 5.54 Å². The smallest absolute Gasteiger partial charge is 0.184 e. The summed E-state index contributed by atoms with van der Waals surface area (Å²) in [5, 5.41) is 3.37. The minimum Gasteiger partial charge on any atom is -0.294 e. The van der Waals surface area contributed by atoms with Crippen LogP contribution in [-0.4, -0.2) is 11.3 Å². The van der Waals surface area contributed by atoms with Crippen LogP contribution in [-0.2, 0) is 0 Å². The molecule has 3 aromatic rings. The molecular weight excluding hydrogens is 294 g/mol. The molecule has 2 heteroatoms. The van der Waals surface area contributed by atoms with E-state index in [2.05, 4.69) is 41.7 Å². The van der Waals surface area contributed by atoms with Crippen molar-refractivity contribution in [2.45, 2.75) is 18.5 Å². The third-order valence-corrected chi connectivity index (χ3v) is 4.80. The molecule has 1 N–H and O–H groups in total. The van der Waals surface area contributed by atoms with E-state index in [1.165, 1.54) is 11.1 Å². The Balaban J connectivity index is 1.55. The van der Waals surface area contributed by atoms with Gasteiger partial charge in [-0.15, -0.1) is 0 Å². The van der Waals surface area contributed by atoms with Gasteiger partial charge in [-0.1, -0.05) is 84.9 Å². The highest BCUT2D eigenvalue weighted by atomic mass is 16.1. The Morgan fingerprint density at radius 1 is 0.792 bits per heavy atom. The van der Waals surface area contributed by atoms with E-state index in [1.807, 2.05) is 55.5 Å². The van der Waals surface area contributed by atoms with Crippen molar-refractivity contribution in [3.05, 3.63) is 96.1 Å². The lowest BCUT2D eigenvalue weighted by Gasteiger charge is -2.09. The van der Waals surface area contributed by atoms with Gasteiger partial charge in [0, 0.05) is 5.56 Å². The first-order valence-electron chi connectivity index (χ1n) is 8.21. The molecule has 0 bridgehead atoms. The number of hydrogen-bond donors (Lipinski definition) is 1. The van der Waals surface area contributed by atoms with Gasteiger partial charge in [0.05, 0.1) is 11.6 Å². The topological polar surface area (TPSA) is 39.0 Å². The average molecular weight is 313 g/mol. The Labute approximate surface area is 142 Å². The van der Waals surface area contributed by atoms with Gasteiger partial charge < -0.3 is 0 Å². The van der Waals surface area contributed by atoms with Crippen LogP contribution in [0.4, 0.5) is 0 Å². The highest BCUT2D eigenvalue weighted by molar-refractivity contribution is 6.06. The van der Waals surface area contributed by atoms with Crippen molar-refractivity contribution in [2.24, 2.45) is 0 Å². The maximum atomic E-state index is 12.7. The van der Waals surface area contributed by atoms with Gasteiger partial charge in [0.1, 0.15) is 0 Å². The van der Waals surface area contributed by atoms with Crippen LogP contribution >= 0.6 is 0 Å². The van der Waals surface area contributed by atoms with Crippen molar-refractivity contribution < 1.29 is 4.79 Å². The number of carbonyl (C=O) groups is 1. The zero-order valence-corrected chi connectivity index (χ0v) is 13.6. The molecule has 3 aromatic carbocycles. The Bertz CT molecular complexity index is 855. The fourth-order valence-corrected chi connectivity index (χ4v) is 3.26. The number of benzene rings is 3. The van der Waals surface area contributed by atoms with Gasteiger partial charge in [-0.05, 0) is 23.6 Å². The number of rotatable bonds is 4. The molecule has 2 unspecified atom stereocenters. The van der Waals surface area contributed by atoms with E-state index in [9.17, 15) is 4.79 Å². The lowest BCUT2D eigenvalue weighted by molar-refractivity contribution is 0.0948. The normalized spacial score (nSPS) is 22.1. The number of ketones is 1. The zero-order valence-electron chi connectivity index (χ0n) is 13.6. The third kappa shape index (κ3) is 2.55. The van der Waals surface area contributed by atoms with Crippen LogP contribution in [0.5, 0.6) is 0 Å². The lowest BCUT2D eigenvalue weighted by Crippen LogP contribution is -2.24. The summed E-state index contributed by atoms with van der Waals surface area (Å²) >= 11 is 0. The first-order chi connectivity index (χ1) is 11.7. The second kappa shape index (κ2) is 5.73. The van der Waals surface area contributed by atoms with Crippen LogP contribution in [0.3, 0.4) is 0 Å². The number of hydrogen-bond acceptors (Lipinski definition) is 2. The van der Waals surface area contributed by atoms with Crippen LogP contribution in [0, 0.1) is 0 Å². The molecule has 1 fully saturated rings. The quantitative estimate of drug-likeness (QED) is 0.563. The summed E-state index contributed by atoms with van der Waals surface area (Å²) in [7, 11) is 0. The van der Waals surface area contributed by atoms with Crippen molar-refractivity contribution in [1.82, 2.24) is 5.32 Å². The SMILES string of the molecule is CC1(C(=O)c2ccccc2)NC1c1ccc(-c2ccccc2)cc1. The van der Waals surface area contributed by atoms with Crippen LogP contribution in [0.25, 0.3) is 11.1 Å². The number of carbonyl (C=O) groups excluding carboxylic acids is 1. The van der Waals surface area contributed by atoms with Crippen LogP contribution in [0.1, 0.15) is 28.9 Å². The van der Waals surface area contributed by atoms with E-state index in [0.717, 1.165) is 11.1 Å². The highest BCUT2D eigenvalue weighted by Gasteiger charge is 2.56. The van der Waals surface area contributed by atoms with Crippen LogP contribution < -0.4 is 5.32 Å². The summed E-state index contributed by atoms with van der Waals surface area (Å²) in [4.78, 5) is 12.7. The van der Waals surface area contributed by atoms with Gasteiger partial charge in [0.25, 0.3) is 0 Å². The molecule has 2 nitrogen and oxygen atoms in total.